The van der Waals surface area contributed by atoms with Gasteiger partial charge in [-0.25, -0.2) is 9.18 Å². The SMILES string of the molecule is COCCCOC(=O)N1CC[C@@H](n2cc(C(N)=O)c(Nc3ccc(F)cc3)n2)[C@H](N)C1. The van der Waals surface area contributed by atoms with E-state index in [0.717, 1.165) is 0 Å². The number of hydrogen-bond donors (Lipinski definition) is 3. The van der Waals surface area contributed by atoms with E-state index in [2.05, 4.69) is 10.4 Å². The van der Waals surface area contributed by atoms with Crippen molar-refractivity contribution in [2.45, 2.75) is 24.9 Å². The fourth-order valence-electron chi connectivity index (χ4n) is 3.42. The van der Waals surface area contributed by atoms with Gasteiger partial charge in [0.25, 0.3) is 5.91 Å². The van der Waals surface area contributed by atoms with Crippen molar-refractivity contribution in [2.75, 3.05) is 38.7 Å². The Kier molecular flexibility index (Phi) is 7.42. The minimum Gasteiger partial charge on any atom is -0.449 e. The monoisotopic (exact) mass is 434 g/mol. The summed E-state index contributed by atoms with van der Waals surface area (Å²) in [6, 6.07) is 4.99. The Morgan fingerprint density at radius 2 is 2.03 bits per heavy atom. The van der Waals surface area contributed by atoms with E-state index in [-0.39, 0.29) is 29.8 Å². The topological polar surface area (TPSA) is 138 Å². The third-order valence-electron chi connectivity index (χ3n) is 5.04. The number of nitrogens with zero attached hydrogens (tertiary/aromatic N) is 3. The van der Waals surface area contributed by atoms with Gasteiger partial charge in [-0.1, -0.05) is 0 Å². The number of hydrogen-bond acceptors (Lipinski definition) is 7. The summed E-state index contributed by atoms with van der Waals surface area (Å²) in [5.41, 5.74) is 12.6. The van der Waals surface area contributed by atoms with Crippen molar-refractivity contribution in [3.8, 4) is 0 Å². The molecule has 10 nitrogen and oxygen atoms in total. The second-order valence-electron chi connectivity index (χ2n) is 7.29. The molecule has 3 rings (SSSR count). The second kappa shape index (κ2) is 10.2. The van der Waals surface area contributed by atoms with Crippen LogP contribution in [0.5, 0.6) is 0 Å². The van der Waals surface area contributed by atoms with Gasteiger partial charge >= 0.3 is 6.09 Å². The maximum Gasteiger partial charge on any atom is 0.409 e. The molecule has 1 aromatic heterocycles. The number of aromatic nitrogens is 2. The molecule has 11 heteroatoms. The Morgan fingerprint density at radius 1 is 1.29 bits per heavy atom. The number of likely N-dealkylation sites (tertiary alicyclic amines) is 1. The van der Waals surface area contributed by atoms with E-state index in [9.17, 15) is 14.0 Å². The predicted molar refractivity (Wildman–Crippen MR) is 111 cm³/mol. The Bertz CT molecular complexity index is 904. The van der Waals surface area contributed by atoms with E-state index in [1.165, 1.54) is 30.5 Å². The third kappa shape index (κ3) is 5.70. The summed E-state index contributed by atoms with van der Waals surface area (Å²) in [4.78, 5) is 25.7. The predicted octanol–water partition coefficient (Wildman–Crippen LogP) is 1.61. The Morgan fingerprint density at radius 3 is 2.68 bits per heavy atom. The van der Waals surface area contributed by atoms with Crippen molar-refractivity contribution in [3.63, 3.8) is 0 Å². The Balaban J connectivity index is 1.66. The standard InChI is InChI=1S/C20H27FN6O4/c1-30-9-2-10-31-20(29)26-8-7-17(16(22)12-26)27-11-15(18(23)28)19(25-27)24-14-5-3-13(21)4-6-14/h3-6,11,16-17H,2,7-10,12,22H2,1H3,(H2,23,28)(H,24,25)/t16-,17-/m1/s1. The highest BCUT2D eigenvalue weighted by molar-refractivity contribution is 5.98. The molecule has 0 aliphatic carbocycles. The number of carbonyl (C=O) groups is 2. The number of ether oxygens (including phenoxy) is 2. The number of nitrogens with two attached hydrogens (primary N) is 2. The second-order valence-corrected chi connectivity index (χ2v) is 7.29. The van der Waals surface area contributed by atoms with Crippen molar-refractivity contribution in [1.29, 1.82) is 0 Å². The molecule has 2 heterocycles. The van der Waals surface area contributed by atoms with E-state index >= 15 is 0 Å². The Hall–Kier alpha value is -3.18. The number of primary amides is 1. The first-order valence-corrected chi connectivity index (χ1v) is 9.96. The molecule has 2 atom stereocenters. The van der Waals surface area contributed by atoms with E-state index in [4.69, 9.17) is 20.9 Å². The maximum absolute atomic E-state index is 13.1. The molecule has 0 spiro atoms. The van der Waals surface area contributed by atoms with Crippen LogP contribution in [0.4, 0.5) is 20.7 Å². The molecular weight excluding hydrogens is 407 g/mol. The molecule has 0 saturated carbocycles. The quantitative estimate of drug-likeness (QED) is 0.537. The molecule has 1 saturated heterocycles. The molecule has 0 radical (unpaired) electrons. The van der Waals surface area contributed by atoms with E-state index in [0.29, 0.717) is 38.2 Å². The summed E-state index contributed by atoms with van der Waals surface area (Å²) in [6.45, 7) is 1.53. The van der Waals surface area contributed by atoms with Gasteiger partial charge < -0.3 is 31.2 Å². The molecule has 1 aliphatic rings. The summed E-state index contributed by atoms with van der Waals surface area (Å²) in [5, 5.41) is 7.43. The number of nitrogens with one attached hydrogen (secondary N) is 1. The highest BCUT2D eigenvalue weighted by atomic mass is 19.1. The lowest BCUT2D eigenvalue weighted by molar-refractivity contribution is 0.0739. The summed E-state index contributed by atoms with van der Waals surface area (Å²) < 4.78 is 24.9. The number of anilines is 2. The summed E-state index contributed by atoms with van der Waals surface area (Å²) >= 11 is 0. The molecule has 0 bridgehead atoms. The lowest BCUT2D eigenvalue weighted by Gasteiger charge is -2.36. The summed E-state index contributed by atoms with van der Waals surface area (Å²) in [7, 11) is 1.59. The average Bonchev–Trinajstić information content (AvgIpc) is 3.16. The highest BCUT2D eigenvalue weighted by Crippen LogP contribution is 2.26. The fraction of sp³-hybridized carbons (Fsp3) is 0.450. The number of carbonyl (C=O) groups excluding carboxylic acids is 2. The first-order valence-electron chi connectivity index (χ1n) is 9.96. The van der Waals surface area contributed by atoms with Gasteiger partial charge in [-0.05, 0) is 30.7 Å². The van der Waals surface area contributed by atoms with Crippen molar-refractivity contribution in [2.24, 2.45) is 11.5 Å². The van der Waals surface area contributed by atoms with Crippen molar-refractivity contribution in [3.05, 3.63) is 41.8 Å². The van der Waals surface area contributed by atoms with Gasteiger partial charge in [-0.15, -0.1) is 0 Å². The summed E-state index contributed by atoms with van der Waals surface area (Å²) in [6.07, 6.45) is 2.28. The van der Waals surface area contributed by atoms with E-state index in [1.54, 1.807) is 16.7 Å². The normalized spacial score (nSPS) is 18.6. The largest absolute Gasteiger partial charge is 0.449 e. The van der Waals surface area contributed by atoms with Crippen LogP contribution in [-0.2, 0) is 9.47 Å². The van der Waals surface area contributed by atoms with Crippen LogP contribution in [-0.4, -0.2) is 66.1 Å². The number of methoxy groups -OCH3 is 1. The van der Waals surface area contributed by atoms with Crippen LogP contribution in [0.15, 0.2) is 30.5 Å². The van der Waals surface area contributed by atoms with E-state index in [1.807, 2.05) is 0 Å². The fourth-order valence-corrected chi connectivity index (χ4v) is 3.42. The van der Waals surface area contributed by atoms with Gasteiger partial charge in [-0.3, -0.25) is 9.48 Å². The van der Waals surface area contributed by atoms with Crippen LogP contribution < -0.4 is 16.8 Å². The molecule has 0 unspecified atom stereocenters. The van der Waals surface area contributed by atoms with Crippen LogP contribution in [0.2, 0.25) is 0 Å². The smallest absolute Gasteiger partial charge is 0.409 e. The van der Waals surface area contributed by atoms with Gasteiger partial charge in [0.1, 0.15) is 11.4 Å². The van der Waals surface area contributed by atoms with Gasteiger partial charge in [0.2, 0.25) is 0 Å². The molecule has 2 amide bonds. The molecule has 2 aromatic rings. The minimum atomic E-state index is -0.651. The summed E-state index contributed by atoms with van der Waals surface area (Å²) in [5.74, 6) is -0.769. The molecule has 168 valence electrons. The first kappa shape index (κ1) is 22.5. The van der Waals surface area contributed by atoms with Gasteiger partial charge in [-0.2, -0.15) is 5.10 Å². The van der Waals surface area contributed by atoms with Gasteiger partial charge in [0.05, 0.1) is 12.6 Å². The number of benzene rings is 1. The van der Waals surface area contributed by atoms with Crippen LogP contribution in [0.1, 0.15) is 29.2 Å². The molecule has 1 fully saturated rings. The number of halogens is 1. The van der Waals surface area contributed by atoms with Crippen molar-refractivity contribution >= 4 is 23.5 Å². The van der Waals surface area contributed by atoms with Crippen molar-refractivity contribution in [1.82, 2.24) is 14.7 Å². The lowest BCUT2D eigenvalue weighted by Crippen LogP contribution is -2.51. The first-order chi connectivity index (χ1) is 14.9. The molecule has 31 heavy (non-hydrogen) atoms. The number of piperidine rings is 1. The average molecular weight is 434 g/mol. The van der Waals surface area contributed by atoms with Crippen LogP contribution >= 0.6 is 0 Å². The third-order valence-corrected chi connectivity index (χ3v) is 5.04. The molecule has 1 aromatic carbocycles. The van der Waals surface area contributed by atoms with Gasteiger partial charge in [0, 0.05) is 51.2 Å². The number of amides is 2. The Labute approximate surface area is 179 Å². The van der Waals surface area contributed by atoms with Crippen molar-refractivity contribution < 1.29 is 23.5 Å². The maximum atomic E-state index is 13.1. The zero-order valence-corrected chi connectivity index (χ0v) is 17.3. The van der Waals surface area contributed by atoms with Gasteiger partial charge in [0.15, 0.2) is 5.82 Å². The molecular formula is C20H27FN6O4. The zero-order valence-electron chi connectivity index (χ0n) is 17.3. The van der Waals surface area contributed by atoms with Crippen LogP contribution in [0.25, 0.3) is 0 Å². The zero-order chi connectivity index (χ0) is 22.4. The van der Waals surface area contributed by atoms with Crippen LogP contribution in [0.3, 0.4) is 0 Å². The van der Waals surface area contributed by atoms with E-state index < -0.39 is 18.0 Å². The van der Waals surface area contributed by atoms with Crippen LogP contribution in [0, 0.1) is 5.82 Å². The minimum absolute atomic E-state index is 0.191. The lowest BCUT2D eigenvalue weighted by atomic mass is 10.0. The number of rotatable bonds is 8. The molecule has 5 N–H and O–H groups in total. The molecule has 1 aliphatic heterocycles. The highest BCUT2D eigenvalue weighted by Gasteiger charge is 2.32.